The van der Waals surface area contributed by atoms with Crippen molar-refractivity contribution in [1.82, 2.24) is 9.97 Å². The van der Waals surface area contributed by atoms with Gasteiger partial charge in [-0.25, -0.2) is 9.97 Å². The number of pyridine rings is 2. The summed E-state index contributed by atoms with van der Waals surface area (Å²) in [7, 11) is 0. The van der Waals surface area contributed by atoms with Crippen LogP contribution in [0.5, 0.6) is 0 Å². The minimum absolute atomic E-state index is 0. The maximum Gasteiger partial charge on any atom is 2.00 e. The van der Waals surface area contributed by atoms with Crippen LogP contribution in [0.4, 0.5) is 8.78 Å². The first kappa shape index (κ1) is 33.6. The van der Waals surface area contributed by atoms with Crippen molar-refractivity contribution in [2.75, 3.05) is 13.2 Å². The summed E-state index contributed by atoms with van der Waals surface area (Å²) in [5.41, 5.74) is 0.175. The van der Waals surface area contributed by atoms with Crippen molar-refractivity contribution >= 4 is 61.2 Å². The fraction of sp³-hybridized carbons (Fsp3) is 0.333. The summed E-state index contributed by atoms with van der Waals surface area (Å²) in [4.78, 5) is 16.8. The second-order valence-corrected chi connectivity index (χ2v) is 7.01. The molecule has 0 amide bonds. The molecule has 29 heavy (non-hydrogen) atoms. The molecule has 0 bridgehead atoms. The first-order valence-corrected chi connectivity index (χ1v) is 9.26. The molecule has 3 heterocycles. The van der Waals surface area contributed by atoms with Gasteiger partial charge in [-0.15, -0.1) is 0 Å². The Labute approximate surface area is 213 Å². The summed E-state index contributed by atoms with van der Waals surface area (Å²) in [5, 5.41) is 9.03. The summed E-state index contributed by atoms with van der Waals surface area (Å²) in [6.07, 6.45) is 4.80. The van der Waals surface area contributed by atoms with Gasteiger partial charge in [0.15, 0.2) is 6.29 Å². The van der Waals surface area contributed by atoms with Crippen LogP contribution < -0.4 is 17.0 Å². The Morgan fingerprint density at radius 2 is 1.59 bits per heavy atom. The van der Waals surface area contributed by atoms with Gasteiger partial charge >= 0.3 is 23.1 Å². The molecule has 0 saturated carbocycles. The summed E-state index contributed by atoms with van der Waals surface area (Å²) in [5.74, 6) is -1.36. The molecule has 2 aromatic heterocycles. The first-order chi connectivity index (χ1) is 12.3. The average Bonchev–Trinajstić information content (AvgIpc) is 3.19. The van der Waals surface area contributed by atoms with E-state index in [1.165, 1.54) is 44.3 Å². The number of aliphatic hydroxyl groups is 1. The molecule has 1 fully saturated rings. The van der Waals surface area contributed by atoms with Crippen molar-refractivity contribution in [3.05, 3.63) is 63.9 Å². The average molecular weight is 615 g/mol. The SMILES string of the molecule is C1CCOC1.CC(O)c1cc(Br)cnc1F.O=Cc1cc(Br)cnc1F.[Br-].[CH3-].[Mg+2]. The third kappa shape index (κ3) is 13.8. The Morgan fingerprint density at radius 3 is 1.93 bits per heavy atom. The number of carbonyl (C=O) groups is 1. The molecule has 0 radical (unpaired) electrons. The molecule has 11 heteroatoms. The largest absolute Gasteiger partial charge is 2.00 e. The number of hydrogen-bond acceptors (Lipinski definition) is 5. The Morgan fingerprint density at radius 1 is 1.10 bits per heavy atom. The van der Waals surface area contributed by atoms with Gasteiger partial charge in [0.05, 0.1) is 11.7 Å². The summed E-state index contributed by atoms with van der Waals surface area (Å²) < 4.78 is 31.3. The molecule has 0 aliphatic carbocycles. The molecule has 5 nitrogen and oxygen atoms in total. The number of carbonyl (C=O) groups excluding carboxylic acids is 1. The summed E-state index contributed by atoms with van der Waals surface area (Å²) in [6, 6.07) is 2.88. The first-order valence-electron chi connectivity index (χ1n) is 7.68. The fourth-order valence-electron chi connectivity index (χ4n) is 1.76. The number of aliphatic hydroxyl groups excluding tert-OH is 1. The van der Waals surface area contributed by atoms with Crippen molar-refractivity contribution in [1.29, 1.82) is 0 Å². The third-order valence-electron chi connectivity index (χ3n) is 3.07. The van der Waals surface area contributed by atoms with Crippen LogP contribution in [0.25, 0.3) is 0 Å². The van der Waals surface area contributed by atoms with Crippen molar-refractivity contribution in [3.8, 4) is 0 Å². The number of ether oxygens (including phenoxy) is 1. The van der Waals surface area contributed by atoms with Gasteiger partial charge in [0.1, 0.15) is 0 Å². The van der Waals surface area contributed by atoms with Crippen LogP contribution in [0.3, 0.4) is 0 Å². The zero-order valence-electron chi connectivity index (χ0n) is 16.0. The Bertz CT molecular complexity index is 717. The van der Waals surface area contributed by atoms with E-state index in [2.05, 4.69) is 41.8 Å². The fourth-order valence-corrected chi connectivity index (χ4v) is 2.46. The van der Waals surface area contributed by atoms with Gasteiger partial charge in [-0.05, 0) is 63.8 Å². The van der Waals surface area contributed by atoms with Crippen LogP contribution >= 0.6 is 31.9 Å². The summed E-state index contributed by atoms with van der Waals surface area (Å²) in [6.45, 7) is 3.49. The molecule has 1 unspecified atom stereocenters. The van der Waals surface area contributed by atoms with Gasteiger partial charge in [-0.2, -0.15) is 8.78 Å². The Kier molecular flexibility index (Phi) is 21.7. The molecule has 0 aromatic carbocycles. The molecule has 0 spiro atoms. The van der Waals surface area contributed by atoms with Gasteiger partial charge in [0.2, 0.25) is 11.9 Å². The normalized spacial score (nSPS) is 12.3. The van der Waals surface area contributed by atoms with E-state index in [9.17, 15) is 13.6 Å². The van der Waals surface area contributed by atoms with Crippen LogP contribution in [0, 0.1) is 19.3 Å². The molecule has 158 valence electrons. The Hall–Kier alpha value is -0.0438. The molecule has 1 N–H and O–H groups in total. The maximum absolute atomic E-state index is 12.7. The standard InChI is InChI=1S/C7H7BrFNO.C6H3BrFNO.C4H8O.CH3.BrH.Mg/c1-4(11)6-2-5(8)3-10-7(6)9;7-5-1-4(3-10)6(8)9-2-5;1-2-4-5-3-1;;;/h2-4,11H,1H3;1-3H;1-4H2;1H3;1H;/q;;;-1;;+2/p-1. The van der Waals surface area contributed by atoms with Crippen molar-refractivity contribution < 1.29 is 40.4 Å². The second kappa shape index (κ2) is 18.7. The zero-order chi connectivity index (χ0) is 19.5. The van der Waals surface area contributed by atoms with Gasteiger partial charge in [0.25, 0.3) is 0 Å². The van der Waals surface area contributed by atoms with E-state index in [-0.39, 0.29) is 58.6 Å². The molecule has 1 saturated heterocycles. The number of aldehydes is 1. The van der Waals surface area contributed by atoms with E-state index >= 15 is 0 Å². The van der Waals surface area contributed by atoms with E-state index in [1.807, 2.05) is 0 Å². The van der Waals surface area contributed by atoms with E-state index in [4.69, 9.17) is 9.84 Å². The molecule has 3 rings (SSSR count). The zero-order valence-corrected chi connectivity index (χ0v) is 22.2. The third-order valence-corrected chi connectivity index (χ3v) is 3.94. The molecular formula is C18H21Br3F2MgN2O3. The van der Waals surface area contributed by atoms with E-state index in [1.54, 1.807) is 0 Å². The smallest absolute Gasteiger partial charge is 1.00 e. The number of hydrogen-bond donors (Lipinski definition) is 1. The van der Waals surface area contributed by atoms with Crippen LogP contribution in [-0.2, 0) is 4.74 Å². The number of nitrogens with zero attached hydrogens (tertiary/aromatic N) is 2. The molecule has 1 atom stereocenters. The predicted octanol–water partition coefficient (Wildman–Crippen LogP) is 1.70. The van der Waals surface area contributed by atoms with Crippen LogP contribution in [0.15, 0.2) is 33.5 Å². The van der Waals surface area contributed by atoms with Crippen LogP contribution in [0.2, 0.25) is 0 Å². The minimum Gasteiger partial charge on any atom is -1.00 e. The van der Waals surface area contributed by atoms with Gasteiger partial charge in [-0.1, -0.05) is 0 Å². The molecule has 2 aromatic rings. The van der Waals surface area contributed by atoms with Crippen LogP contribution in [-0.4, -0.2) is 57.6 Å². The number of rotatable bonds is 2. The van der Waals surface area contributed by atoms with Crippen molar-refractivity contribution in [2.24, 2.45) is 0 Å². The van der Waals surface area contributed by atoms with E-state index < -0.39 is 18.0 Å². The van der Waals surface area contributed by atoms with Crippen LogP contribution in [0.1, 0.15) is 41.8 Å². The van der Waals surface area contributed by atoms with Crippen molar-refractivity contribution in [2.45, 2.75) is 25.9 Å². The molecular weight excluding hydrogens is 594 g/mol. The quantitative estimate of drug-likeness (QED) is 0.241. The monoisotopic (exact) mass is 612 g/mol. The van der Waals surface area contributed by atoms with Gasteiger partial charge in [-0.3, -0.25) is 4.79 Å². The van der Waals surface area contributed by atoms with Gasteiger partial charge < -0.3 is 34.3 Å². The maximum atomic E-state index is 12.7. The summed E-state index contributed by atoms with van der Waals surface area (Å²) >= 11 is 6.17. The van der Waals surface area contributed by atoms with E-state index in [0.717, 1.165) is 13.2 Å². The van der Waals surface area contributed by atoms with Gasteiger partial charge in [0, 0.05) is 40.1 Å². The number of aromatic nitrogens is 2. The second-order valence-electron chi connectivity index (χ2n) is 5.18. The van der Waals surface area contributed by atoms with E-state index in [0.29, 0.717) is 15.2 Å². The number of halogens is 5. The Balaban J connectivity index is -0.000000350. The molecule has 1 aliphatic rings. The van der Waals surface area contributed by atoms with Crippen molar-refractivity contribution in [3.63, 3.8) is 0 Å². The minimum atomic E-state index is -0.819. The predicted molar refractivity (Wildman–Crippen MR) is 112 cm³/mol. The topological polar surface area (TPSA) is 72.3 Å². The molecule has 1 aliphatic heterocycles.